The average molecular weight is 271 g/mol. The highest BCUT2D eigenvalue weighted by Crippen LogP contribution is 2.40. The molecule has 0 N–H and O–H groups in total. The smallest absolute Gasteiger partial charge is 0.149 e. The van der Waals surface area contributed by atoms with Crippen LogP contribution in [0.2, 0.25) is 0 Å². The second-order valence-electron chi connectivity index (χ2n) is 5.93. The monoisotopic (exact) mass is 271 g/mol. The molecule has 2 aliphatic rings. The van der Waals surface area contributed by atoms with Crippen LogP contribution in [0.15, 0.2) is 24.5 Å². The lowest BCUT2D eigenvalue weighted by atomic mass is 9.79. The molecule has 2 fully saturated rings. The number of hydrogen-bond donors (Lipinski definition) is 0. The van der Waals surface area contributed by atoms with Crippen LogP contribution in [0.1, 0.15) is 32.1 Å². The Labute approximate surface area is 117 Å². The van der Waals surface area contributed by atoms with Crippen LogP contribution in [-0.2, 0) is 0 Å². The zero-order valence-electron chi connectivity index (χ0n) is 11.4. The molecule has 0 radical (unpaired) electrons. The highest BCUT2D eigenvalue weighted by Gasteiger charge is 2.36. The summed E-state index contributed by atoms with van der Waals surface area (Å²) in [6.45, 7) is 1.03. The van der Waals surface area contributed by atoms with Crippen LogP contribution in [0.3, 0.4) is 0 Å². The first-order chi connectivity index (χ1) is 9.84. The number of para-hydroxylation sites is 1. The van der Waals surface area contributed by atoms with E-state index in [0.717, 1.165) is 23.7 Å². The molecule has 1 aliphatic carbocycles. The highest BCUT2D eigenvalue weighted by atomic mass is 19.1. The Hall–Kier alpha value is -1.71. The lowest BCUT2D eigenvalue weighted by Gasteiger charge is -2.37. The Morgan fingerprint density at radius 1 is 1.10 bits per heavy atom. The van der Waals surface area contributed by atoms with Crippen molar-refractivity contribution in [2.75, 3.05) is 11.4 Å². The number of rotatable bonds is 2. The molecule has 3 nitrogen and oxygen atoms in total. The van der Waals surface area contributed by atoms with Gasteiger partial charge in [-0.05, 0) is 43.7 Å². The summed E-state index contributed by atoms with van der Waals surface area (Å²) in [6, 6.07) is 5.74. The molecule has 1 saturated heterocycles. The SMILES string of the molecule is Fc1cccc2c(N3CCCC3C3CCC3)ncnc12. The third-order valence-corrected chi connectivity index (χ3v) is 4.86. The summed E-state index contributed by atoms with van der Waals surface area (Å²) < 4.78 is 13.9. The number of aromatic nitrogens is 2. The second kappa shape index (κ2) is 4.69. The first-order valence-electron chi connectivity index (χ1n) is 7.50. The standard InChI is InChI=1S/C16H18FN3/c17-13-7-2-6-12-15(13)18-10-19-16(12)20-9-3-8-14(20)11-4-1-5-11/h2,6-7,10-11,14H,1,3-5,8-9H2. The Morgan fingerprint density at radius 3 is 2.80 bits per heavy atom. The van der Waals surface area contributed by atoms with Crippen LogP contribution in [0.25, 0.3) is 10.9 Å². The number of anilines is 1. The van der Waals surface area contributed by atoms with Crippen molar-refractivity contribution in [1.82, 2.24) is 9.97 Å². The molecular weight excluding hydrogens is 253 g/mol. The van der Waals surface area contributed by atoms with E-state index < -0.39 is 0 Å². The Bertz CT molecular complexity index is 639. The van der Waals surface area contributed by atoms with Gasteiger partial charge in [0, 0.05) is 18.0 Å². The summed E-state index contributed by atoms with van der Waals surface area (Å²) in [5.41, 5.74) is 0.441. The van der Waals surface area contributed by atoms with Crippen LogP contribution in [-0.4, -0.2) is 22.6 Å². The van der Waals surface area contributed by atoms with E-state index in [2.05, 4.69) is 14.9 Å². The molecule has 1 unspecified atom stereocenters. The van der Waals surface area contributed by atoms with Gasteiger partial charge < -0.3 is 4.90 Å². The first-order valence-corrected chi connectivity index (χ1v) is 7.50. The van der Waals surface area contributed by atoms with Crippen molar-refractivity contribution < 1.29 is 4.39 Å². The van der Waals surface area contributed by atoms with Crippen LogP contribution in [0.5, 0.6) is 0 Å². The predicted octanol–water partition coefficient (Wildman–Crippen LogP) is 3.54. The van der Waals surface area contributed by atoms with Crippen molar-refractivity contribution in [3.8, 4) is 0 Å². The summed E-state index contributed by atoms with van der Waals surface area (Å²) in [6.07, 6.45) is 7.97. The zero-order valence-corrected chi connectivity index (χ0v) is 11.4. The highest BCUT2D eigenvalue weighted by molar-refractivity contribution is 5.89. The minimum absolute atomic E-state index is 0.259. The minimum Gasteiger partial charge on any atom is -0.353 e. The molecule has 4 rings (SSSR count). The number of halogens is 1. The van der Waals surface area contributed by atoms with Gasteiger partial charge in [0.05, 0.1) is 0 Å². The fourth-order valence-electron chi connectivity index (χ4n) is 3.64. The lowest BCUT2D eigenvalue weighted by molar-refractivity contribution is 0.261. The van der Waals surface area contributed by atoms with Gasteiger partial charge >= 0.3 is 0 Å². The van der Waals surface area contributed by atoms with Gasteiger partial charge in [-0.2, -0.15) is 0 Å². The van der Waals surface area contributed by atoms with Gasteiger partial charge in [-0.25, -0.2) is 14.4 Å². The van der Waals surface area contributed by atoms with Crippen LogP contribution >= 0.6 is 0 Å². The molecular formula is C16H18FN3. The van der Waals surface area contributed by atoms with Crippen molar-refractivity contribution in [2.24, 2.45) is 5.92 Å². The van der Waals surface area contributed by atoms with Crippen molar-refractivity contribution in [2.45, 2.75) is 38.1 Å². The number of fused-ring (bicyclic) bond motifs is 1. The fourth-order valence-corrected chi connectivity index (χ4v) is 3.64. The molecule has 1 aromatic carbocycles. The van der Waals surface area contributed by atoms with Gasteiger partial charge in [0.25, 0.3) is 0 Å². The van der Waals surface area contributed by atoms with Gasteiger partial charge in [-0.1, -0.05) is 12.5 Å². The second-order valence-corrected chi connectivity index (χ2v) is 5.93. The van der Waals surface area contributed by atoms with Crippen molar-refractivity contribution >= 4 is 16.7 Å². The maximum Gasteiger partial charge on any atom is 0.149 e. The fraction of sp³-hybridized carbons (Fsp3) is 0.500. The molecule has 1 atom stereocenters. The van der Waals surface area contributed by atoms with E-state index in [1.807, 2.05) is 6.07 Å². The molecule has 0 amide bonds. The van der Waals surface area contributed by atoms with E-state index in [-0.39, 0.29) is 5.82 Å². The third-order valence-electron chi connectivity index (χ3n) is 4.86. The van der Waals surface area contributed by atoms with E-state index in [1.54, 1.807) is 6.07 Å². The maximum atomic E-state index is 13.9. The molecule has 1 aliphatic heterocycles. The predicted molar refractivity (Wildman–Crippen MR) is 77.2 cm³/mol. The van der Waals surface area contributed by atoms with Crippen molar-refractivity contribution in [3.63, 3.8) is 0 Å². The van der Waals surface area contributed by atoms with Gasteiger partial charge in [0.1, 0.15) is 23.5 Å². The topological polar surface area (TPSA) is 29.0 Å². The van der Waals surface area contributed by atoms with Crippen LogP contribution in [0.4, 0.5) is 10.2 Å². The molecule has 1 saturated carbocycles. The van der Waals surface area contributed by atoms with Crippen LogP contribution < -0.4 is 4.90 Å². The Morgan fingerprint density at radius 2 is 2.00 bits per heavy atom. The molecule has 2 aromatic rings. The van der Waals surface area contributed by atoms with Crippen molar-refractivity contribution in [1.29, 1.82) is 0 Å². The summed E-state index contributed by atoms with van der Waals surface area (Å²) in [7, 11) is 0. The Kier molecular flexibility index (Phi) is 2.83. The molecule has 4 heteroatoms. The van der Waals surface area contributed by atoms with Gasteiger partial charge in [0.15, 0.2) is 0 Å². The van der Waals surface area contributed by atoms with E-state index in [9.17, 15) is 4.39 Å². The van der Waals surface area contributed by atoms with E-state index in [0.29, 0.717) is 11.6 Å². The molecule has 0 bridgehead atoms. The molecule has 104 valence electrons. The lowest BCUT2D eigenvalue weighted by Crippen LogP contribution is -2.39. The quantitative estimate of drug-likeness (QED) is 0.836. The number of benzene rings is 1. The summed E-state index contributed by atoms with van der Waals surface area (Å²) in [4.78, 5) is 11.0. The normalized spacial score (nSPS) is 23.2. The van der Waals surface area contributed by atoms with Gasteiger partial charge in [-0.3, -0.25) is 0 Å². The Balaban J connectivity index is 1.79. The largest absolute Gasteiger partial charge is 0.353 e. The van der Waals surface area contributed by atoms with E-state index in [1.165, 1.54) is 44.5 Å². The average Bonchev–Trinajstić information content (AvgIpc) is 2.85. The summed E-state index contributed by atoms with van der Waals surface area (Å²) in [5.74, 6) is 1.46. The molecule has 2 heterocycles. The molecule has 0 spiro atoms. The number of nitrogens with zero attached hydrogens (tertiary/aromatic N) is 3. The minimum atomic E-state index is -0.259. The van der Waals surface area contributed by atoms with E-state index >= 15 is 0 Å². The maximum absolute atomic E-state index is 13.9. The van der Waals surface area contributed by atoms with E-state index in [4.69, 9.17) is 0 Å². The molecule has 1 aromatic heterocycles. The molecule has 20 heavy (non-hydrogen) atoms. The first kappa shape index (κ1) is 12.1. The summed E-state index contributed by atoms with van der Waals surface area (Å²) >= 11 is 0. The van der Waals surface area contributed by atoms with Gasteiger partial charge in [-0.15, -0.1) is 0 Å². The van der Waals surface area contributed by atoms with Gasteiger partial charge in [0.2, 0.25) is 0 Å². The van der Waals surface area contributed by atoms with Crippen LogP contribution in [0, 0.1) is 11.7 Å². The summed E-state index contributed by atoms with van der Waals surface area (Å²) in [5, 5.41) is 0.846. The zero-order chi connectivity index (χ0) is 13.5. The van der Waals surface area contributed by atoms with Crippen molar-refractivity contribution in [3.05, 3.63) is 30.3 Å². The number of hydrogen-bond acceptors (Lipinski definition) is 3. The third kappa shape index (κ3) is 1.78.